The summed E-state index contributed by atoms with van der Waals surface area (Å²) in [5, 5.41) is 21.0. The number of tetrazole rings is 1. The molecule has 0 radical (unpaired) electrons. The minimum atomic E-state index is -0.933. The SMILES string of the molecule is O=C(O)C1(n2nnnc2CCc2ccncc2)CCC1. The van der Waals surface area contributed by atoms with Crippen molar-refractivity contribution >= 4 is 5.97 Å². The monoisotopic (exact) mass is 273 g/mol. The van der Waals surface area contributed by atoms with Crippen LogP contribution in [0.5, 0.6) is 0 Å². The highest BCUT2D eigenvalue weighted by Gasteiger charge is 2.48. The summed E-state index contributed by atoms with van der Waals surface area (Å²) in [6.07, 6.45) is 6.94. The summed E-state index contributed by atoms with van der Waals surface area (Å²) in [6.45, 7) is 0. The molecule has 0 bridgehead atoms. The molecule has 0 saturated heterocycles. The van der Waals surface area contributed by atoms with E-state index in [1.54, 1.807) is 12.4 Å². The Bertz CT molecular complexity index is 606. The summed E-state index contributed by atoms with van der Waals surface area (Å²) in [6, 6.07) is 3.87. The predicted octanol–water partition coefficient (Wildman–Crippen LogP) is 0.817. The van der Waals surface area contributed by atoms with Crippen molar-refractivity contribution in [1.82, 2.24) is 25.2 Å². The third-order valence-corrected chi connectivity index (χ3v) is 3.90. The van der Waals surface area contributed by atoms with E-state index in [0.717, 1.165) is 18.4 Å². The van der Waals surface area contributed by atoms with E-state index in [-0.39, 0.29) is 0 Å². The zero-order valence-electron chi connectivity index (χ0n) is 10.9. The normalized spacial score (nSPS) is 16.6. The predicted molar refractivity (Wildman–Crippen MR) is 68.9 cm³/mol. The first-order valence-electron chi connectivity index (χ1n) is 6.62. The Balaban J connectivity index is 1.79. The molecule has 2 heterocycles. The lowest BCUT2D eigenvalue weighted by molar-refractivity contribution is -0.153. The highest BCUT2D eigenvalue weighted by Crippen LogP contribution is 2.39. The summed E-state index contributed by atoms with van der Waals surface area (Å²) >= 11 is 0. The quantitative estimate of drug-likeness (QED) is 0.866. The summed E-state index contributed by atoms with van der Waals surface area (Å²) in [5.74, 6) is -0.217. The van der Waals surface area contributed by atoms with Gasteiger partial charge in [-0.15, -0.1) is 5.10 Å². The third-order valence-electron chi connectivity index (χ3n) is 3.90. The number of pyridine rings is 1. The molecule has 0 atom stereocenters. The van der Waals surface area contributed by atoms with Gasteiger partial charge >= 0.3 is 5.97 Å². The zero-order chi connectivity index (χ0) is 14.0. The minimum Gasteiger partial charge on any atom is -0.479 e. The summed E-state index contributed by atoms with van der Waals surface area (Å²) < 4.78 is 1.50. The largest absolute Gasteiger partial charge is 0.479 e. The number of aromatic nitrogens is 5. The molecule has 0 aliphatic heterocycles. The van der Waals surface area contributed by atoms with E-state index in [4.69, 9.17) is 0 Å². The number of carbonyl (C=O) groups is 1. The van der Waals surface area contributed by atoms with E-state index in [1.165, 1.54) is 4.68 Å². The molecule has 2 aromatic heterocycles. The lowest BCUT2D eigenvalue weighted by atomic mass is 9.77. The van der Waals surface area contributed by atoms with Crippen LogP contribution in [0.3, 0.4) is 0 Å². The average Bonchev–Trinajstić information content (AvgIpc) is 2.85. The molecule has 20 heavy (non-hydrogen) atoms. The highest BCUT2D eigenvalue weighted by atomic mass is 16.4. The molecule has 1 aliphatic rings. The molecule has 0 aromatic carbocycles. The van der Waals surface area contributed by atoms with E-state index in [1.807, 2.05) is 12.1 Å². The van der Waals surface area contributed by atoms with E-state index in [9.17, 15) is 9.90 Å². The summed E-state index contributed by atoms with van der Waals surface area (Å²) in [7, 11) is 0. The average molecular weight is 273 g/mol. The molecule has 104 valence electrons. The fourth-order valence-corrected chi connectivity index (χ4v) is 2.53. The molecule has 1 fully saturated rings. The second-order valence-electron chi connectivity index (χ2n) is 5.05. The van der Waals surface area contributed by atoms with Crippen LogP contribution in [-0.4, -0.2) is 36.3 Å². The van der Waals surface area contributed by atoms with Crippen LogP contribution in [0.1, 0.15) is 30.7 Å². The van der Waals surface area contributed by atoms with Crippen molar-refractivity contribution in [3.8, 4) is 0 Å². The molecule has 2 aromatic rings. The number of aliphatic carboxylic acids is 1. The van der Waals surface area contributed by atoms with Crippen molar-refractivity contribution in [3.63, 3.8) is 0 Å². The Labute approximate surface area is 115 Å². The van der Waals surface area contributed by atoms with Gasteiger partial charge in [-0.2, -0.15) is 0 Å². The zero-order valence-corrected chi connectivity index (χ0v) is 10.9. The van der Waals surface area contributed by atoms with Crippen LogP contribution in [0.4, 0.5) is 0 Å². The van der Waals surface area contributed by atoms with E-state index < -0.39 is 11.5 Å². The van der Waals surface area contributed by atoms with Gasteiger partial charge in [0.2, 0.25) is 0 Å². The Morgan fingerprint density at radius 1 is 1.30 bits per heavy atom. The van der Waals surface area contributed by atoms with Crippen LogP contribution in [0, 0.1) is 0 Å². The molecule has 3 rings (SSSR count). The van der Waals surface area contributed by atoms with Gasteiger partial charge in [0.15, 0.2) is 11.4 Å². The number of aryl methyl sites for hydroxylation is 2. The van der Waals surface area contributed by atoms with Crippen LogP contribution in [0.25, 0.3) is 0 Å². The second-order valence-corrected chi connectivity index (χ2v) is 5.05. The number of nitrogens with zero attached hydrogens (tertiary/aromatic N) is 5. The Morgan fingerprint density at radius 3 is 2.65 bits per heavy atom. The minimum absolute atomic E-state index is 0.593. The molecule has 0 spiro atoms. The van der Waals surface area contributed by atoms with Gasteiger partial charge in [-0.05, 0) is 53.8 Å². The van der Waals surface area contributed by atoms with Crippen molar-refractivity contribution in [2.75, 3.05) is 0 Å². The van der Waals surface area contributed by atoms with Crippen molar-refractivity contribution in [2.45, 2.75) is 37.6 Å². The Kier molecular flexibility index (Phi) is 3.17. The summed E-state index contributed by atoms with van der Waals surface area (Å²) in [4.78, 5) is 15.5. The lowest BCUT2D eigenvalue weighted by Gasteiger charge is -2.37. The van der Waals surface area contributed by atoms with Gasteiger partial charge in [0.1, 0.15) is 0 Å². The van der Waals surface area contributed by atoms with Crippen molar-refractivity contribution in [1.29, 1.82) is 0 Å². The molecule has 1 N–H and O–H groups in total. The second kappa shape index (κ2) is 4.99. The smallest absolute Gasteiger partial charge is 0.331 e. The van der Waals surface area contributed by atoms with E-state index in [2.05, 4.69) is 20.5 Å². The van der Waals surface area contributed by atoms with Gasteiger partial charge in [-0.3, -0.25) is 4.98 Å². The molecular formula is C13H15N5O2. The van der Waals surface area contributed by atoms with E-state index in [0.29, 0.717) is 25.1 Å². The Hall–Kier alpha value is -2.31. The van der Waals surface area contributed by atoms with Crippen molar-refractivity contribution < 1.29 is 9.90 Å². The van der Waals surface area contributed by atoms with Gasteiger partial charge in [0, 0.05) is 18.8 Å². The molecular weight excluding hydrogens is 258 g/mol. The fourth-order valence-electron chi connectivity index (χ4n) is 2.53. The number of carboxylic acids is 1. The van der Waals surface area contributed by atoms with Crippen LogP contribution >= 0.6 is 0 Å². The maximum Gasteiger partial charge on any atom is 0.331 e. The first-order valence-corrected chi connectivity index (χ1v) is 6.62. The molecule has 1 saturated carbocycles. The summed E-state index contributed by atoms with van der Waals surface area (Å²) in [5.41, 5.74) is 0.199. The molecule has 1 aliphatic carbocycles. The Morgan fingerprint density at radius 2 is 2.05 bits per heavy atom. The van der Waals surface area contributed by atoms with Crippen LogP contribution in [0.15, 0.2) is 24.5 Å². The highest BCUT2D eigenvalue weighted by molar-refractivity contribution is 5.77. The first kappa shape index (κ1) is 12.7. The number of carboxylic acid groups (broad SMARTS) is 1. The number of hydrogen-bond donors (Lipinski definition) is 1. The standard InChI is InChI=1S/C13H15N5O2/c19-12(20)13(6-1-7-13)18-11(15-16-17-18)3-2-10-4-8-14-9-5-10/h4-5,8-9H,1-3,6-7H2,(H,19,20). The third kappa shape index (κ3) is 2.04. The lowest BCUT2D eigenvalue weighted by Crippen LogP contribution is -2.49. The van der Waals surface area contributed by atoms with Crippen LogP contribution in [0.2, 0.25) is 0 Å². The van der Waals surface area contributed by atoms with Gasteiger partial charge in [0.25, 0.3) is 0 Å². The van der Waals surface area contributed by atoms with E-state index >= 15 is 0 Å². The molecule has 7 nitrogen and oxygen atoms in total. The van der Waals surface area contributed by atoms with Gasteiger partial charge in [-0.1, -0.05) is 0 Å². The molecule has 0 unspecified atom stereocenters. The maximum atomic E-state index is 11.5. The molecule has 0 amide bonds. The maximum absolute atomic E-state index is 11.5. The van der Waals surface area contributed by atoms with Crippen molar-refractivity contribution in [3.05, 3.63) is 35.9 Å². The van der Waals surface area contributed by atoms with Crippen LogP contribution in [-0.2, 0) is 23.2 Å². The number of hydrogen-bond acceptors (Lipinski definition) is 5. The molecule has 7 heteroatoms. The first-order chi connectivity index (χ1) is 9.72. The van der Waals surface area contributed by atoms with Gasteiger partial charge < -0.3 is 5.11 Å². The van der Waals surface area contributed by atoms with Crippen molar-refractivity contribution in [2.24, 2.45) is 0 Å². The van der Waals surface area contributed by atoms with Gasteiger partial charge in [-0.25, -0.2) is 9.48 Å². The van der Waals surface area contributed by atoms with Gasteiger partial charge in [0.05, 0.1) is 0 Å². The number of rotatable bonds is 5. The fraction of sp³-hybridized carbons (Fsp3) is 0.462. The topological polar surface area (TPSA) is 93.8 Å². The van der Waals surface area contributed by atoms with Crippen LogP contribution < -0.4 is 0 Å².